The molecule has 0 bridgehead atoms. The zero-order chi connectivity index (χ0) is 27.3. The SMILES string of the molecule is NC(CCOc1ccc(/C(=N/O)C(=O)N[C@H]2CN([C@@H](c3cc[n+]([O-])cc3)P(=O)(O)O)C2=O)cc1)C(=O)O. The molecule has 15 nitrogen and oxygen atoms in total. The number of likely N-dealkylation sites (tertiary alicyclic amines) is 1. The van der Waals surface area contributed by atoms with Crippen LogP contribution in [0.2, 0.25) is 0 Å². The molecular weight excluding hydrogens is 513 g/mol. The monoisotopic (exact) mass is 537 g/mol. The molecule has 3 atom stereocenters. The van der Waals surface area contributed by atoms with Crippen molar-refractivity contribution in [3.8, 4) is 5.75 Å². The molecule has 0 aliphatic carbocycles. The van der Waals surface area contributed by atoms with Gasteiger partial charge in [-0.15, -0.1) is 0 Å². The largest absolute Gasteiger partial charge is 0.619 e. The van der Waals surface area contributed by atoms with Gasteiger partial charge in [0.2, 0.25) is 5.91 Å². The summed E-state index contributed by atoms with van der Waals surface area (Å²) in [6.07, 6.45) is 2.14. The summed E-state index contributed by atoms with van der Waals surface area (Å²) in [5.41, 5.74) is 5.18. The highest BCUT2D eigenvalue weighted by atomic mass is 31.2. The van der Waals surface area contributed by atoms with Gasteiger partial charge in [0, 0.05) is 24.1 Å². The van der Waals surface area contributed by atoms with Crippen LogP contribution < -0.4 is 20.5 Å². The Morgan fingerprint density at radius 2 is 1.86 bits per heavy atom. The van der Waals surface area contributed by atoms with E-state index in [1.165, 1.54) is 36.4 Å². The van der Waals surface area contributed by atoms with Crippen LogP contribution in [-0.2, 0) is 18.9 Å². The Labute approximate surface area is 209 Å². The number of carbonyl (C=O) groups is 3. The van der Waals surface area contributed by atoms with Crippen LogP contribution in [0.25, 0.3) is 0 Å². The van der Waals surface area contributed by atoms with Gasteiger partial charge in [0.15, 0.2) is 23.9 Å². The first-order valence-electron chi connectivity index (χ1n) is 10.7. The molecule has 1 aliphatic rings. The molecule has 2 amide bonds. The maximum Gasteiger partial charge on any atom is 0.352 e. The molecule has 1 aliphatic heterocycles. The number of rotatable bonds is 11. The summed E-state index contributed by atoms with van der Waals surface area (Å²) in [6.45, 7) is -0.208. The molecule has 198 valence electrons. The summed E-state index contributed by atoms with van der Waals surface area (Å²) in [7, 11) is -4.86. The molecule has 0 saturated carbocycles. The molecule has 3 rings (SSSR count). The minimum absolute atomic E-state index is 0.0318. The number of hydrogen-bond donors (Lipinski definition) is 6. The van der Waals surface area contributed by atoms with E-state index in [-0.39, 0.29) is 30.7 Å². The van der Waals surface area contributed by atoms with Crippen LogP contribution in [0.15, 0.2) is 53.9 Å². The third-order valence-corrected chi connectivity index (χ3v) is 6.68. The van der Waals surface area contributed by atoms with Crippen molar-refractivity contribution >= 4 is 31.1 Å². The van der Waals surface area contributed by atoms with Crippen molar-refractivity contribution in [2.24, 2.45) is 10.9 Å². The van der Waals surface area contributed by atoms with Crippen molar-refractivity contribution in [3.63, 3.8) is 0 Å². The van der Waals surface area contributed by atoms with Crippen molar-refractivity contribution < 1.29 is 48.5 Å². The van der Waals surface area contributed by atoms with Crippen LogP contribution in [0.4, 0.5) is 0 Å². The highest BCUT2D eigenvalue weighted by Crippen LogP contribution is 2.54. The Morgan fingerprint density at radius 3 is 2.38 bits per heavy atom. The van der Waals surface area contributed by atoms with E-state index < -0.39 is 49.0 Å². The minimum atomic E-state index is -4.86. The molecule has 1 saturated heterocycles. The topological polar surface area (TPSA) is 239 Å². The molecular formula is C21H24N5O10P. The summed E-state index contributed by atoms with van der Waals surface area (Å²) >= 11 is 0. The molecule has 1 aromatic heterocycles. The van der Waals surface area contributed by atoms with Crippen molar-refractivity contribution in [2.45, 2.75) is 24.3 Å². The Bertz CT molecular complexity index is 1230. The number of carbonyl (C=O) groups excluding carboxylic acids is 2. The number of pyridine rings is 1. The van der Waals surface area contributed by atoms with Gasteiger partial charge in [0.05, 0.1) is 13.2 Å². The van der Waals surface area contributed by atoms with Crippen LogP contribution in [0.1, 0.15) is 23.3 Å². The number of β-lactam (4-membered cyclic amide) rings is 1. The first-order chi connectivity index (χ1) is 17.4. The molecule has 1 unspecified atom stereocenters. The molecule has 37 heavy (non-hydrogen) atoms. The number of carboxylic acid groups (broad SMARTS) is 1. The molecule has 2 aromatic rings. The molecule has 1 aromatic carbocycles. The Balaban J connectivity index is 1.61. The fraction of sp³-hybridized carbons (Fsp3) is 0.286. The number of ether oxygens (including phenoxy) is 1. The van der Waals surface area contributed by atoms with Crippen LogP contribution in [0.3, 0.4) is 0 Å². The Hall–Kier alpha value is -4.04. The zero-order valence-electron chi connectivity index (χ0n) is 19.1. The van der Waals surface area contributed by atoms with Gasteiger partial charge >= 0.3 is 13.6 Å². The maximum absolute atomic E-state index is 12.6. The third kappa shape index (κ3) is 6.59. The fourth-order valence-electron chi connectivity index (χ4n) is 3.53. The number of amides is 2. The van der Waals surface area contributed by atoms with E-state index in [1.54, 1.807) is 0 Å². The molecule has 2 heterocycles. The van der Waals surface area contributed by atoms with Gasteiger partial charge in [0.1, 0.15) is 17.8 Å². The number of nitrogens with one attached hydrogen (secondary N) is 1. The van der Waals surface area contributed by atoms with Crippen molar-refractivity contribution in [1.82, 2.24) is 10.2 Å². The second kappa shape index (κ2) is 11.3. The van der Waals surface area contributed by atoms with Crippen molar-refractivity contribution in [2.75, 3.05) is 13.2 Å². The number of oxime groups is 1. The highest BCUT2D eigenvalue weighted by Gasteiger charge is 2.49. The summed E-state index contributed by atoms with van der Waals surface area (Å²) in [5, 5.41) is 34.7. The lowest BCUT2D eigenvalue weighted by Gasteiger charge is -2.43. The minimum Gasteiger partial charge on any atom is -0.619 e. The lowest BCUT2D eigenvalue weighted by molar-refractivity contribution is -0.605. The predicted octanol–water partition coefficient (Wildman–Crippen LogP) is -1.12. The molecule has 16 heteroatoms. The maximum atomic E-state index is 12.6. The van der Waals surface area contributed by atoms with E-state index in [9.17, 15) is 39.1 Å². The van der Waals surface area contributed by atoms with Gasteiger partial charge < -0.3 is 46.0 Å². The number of benzene rings is 1. The second-order valence-electron chi connectivity index (χ2n) is 8.03. The van der Waals surface area contributed by atoms with Gasteiger partial charge in [-0.25, -0.2) is 0 Å². The number of nitrogens with zero attached hydrogens (tertiary/aromatic N) is 3. The van der Waals surface area contributed by atoms with Gasteiger partial charge in [-0.1, -0.05) is 5.16 Å². The predicted molar refractivity (Wildman–Crippen MR) is 124 cm³/mol. The quantitative estimate of drug-likeness (QED) is 0.0382. The summed E-state index contributed by atoms with van der Waals surface area (Å²) < 4.78 is 17.9. The number of aliphatic carboxylic acids is 1. The first-order valence-corrected chi connectivity index (χ1v) is 12.4. The van der Waals surface area contributed by atoms with Gasteiger partial charge in [-0.2, -0.15) is 4.73 Å². The van der Waals surface area contributed by atoms with E-state index in [4.69, 9.17) is 15.6 Å². The standard InChI is InChI=1S/C21H24N5O10P/c22-15(21(29)30)7-10-36-14-3-1-12(2-4-14)17(24-31)18(27)23-16-11-26(19(16)28)20(37(33,34)35)13-5-8-25(32)9-6-13/h1-6,8-9,15-16,20,31H,7,10-11,22H2,(H,23,27)(H,29,30)(H2,33,34,35)/b24-17-/t15?,16-,20+/m0/s1. The van der Waals surface area contributed by atoms with E-state index in [1.807, 2.05) is 0 Å². The summed E-state index contributed by atoms with van der Waals surface area (Å²) in [4.78, 5) is 56.4. The molecule has 0 radical (unpaired) electrons. The molecule has 1 fully saturated rings. The van der Waals surface area contributed by atoms with E-state index in [2.05, 4.69) is 10.5 Å². The fourth-order valence-corrected chi connectivity index (χ4v) is 4.66. The molecule has 7 N–H and O–H groups in total. The third-order valence-electron chi connectivity index (χ3n) is 5.46. The van der Waals surface area contributed by atoms with Crippen LogP contribution in [0, 0.1) is 5.21 Å². The smallest absolute Gasteiger partial charge is 0.352 e. The van der Waals surface area contributed by atoms with Crippen LogP contribution >= 0.6 is 7.60 Å². The van der Waals surface area contributed by atoms with Gasteiger partial charge in [-0.05, 0) is 29.8 Å². The van der Waals surface area contributed by atoms with Crippen LogP contribution in [0.5, 0.6) is 5.75 Å². The molecule has 0 spiro atoms. The Morgan fingerprint density at radius 1 is 1.24 bits per heavy atom. The summed E-state index contributed by atoms with van der Waals surface area (Å²) in [5.74, 6) is -4.15. The summed E-state index contributed by atoms with van der Waals surface area (Å²) in [6, 6.07) is 5.86. The average Bonchev–Trinajstić information content (AvgIpc) is 2.84. The Kier molecular flexibility index (Phi) is 8.45. The second-order valence-corrected chi connectivity index (χ2v) is 9.69. The van der Waals surface area contributed by atoms with Crippen molar-refractivity contribution in [3.05, 3.63) is 65.1 Å². The number of aromatic nitrogens is 1. The van der Waals surface area contributed by atoms with E-state index in [0.29, 0.717) is 10.5 Å². The number of carboxylic acids is 1. The average molecular weight is 537 g/mol. The normalized spacial score (nSPS) is 17.5. The number of hydrogen-bond acceptors (Lipinski definition) is 9. The van der Waals surface area contributed by atoms with Crippen LogP contribution in [-0.4, -0.2) is 73.7 Å². The van der Waals surface area contributed by atoms with Crippen molar-refractivity contribution in [1.29, 1.82) is 0 Å². The lowest BCUT2D eigenvalue weighted by atomic mass is 10.0. The van der Waals surface area contributed by atoms with E-state index >= 15 is 0 Å². The first kappa shape index (κ1) is 27.5. The van der Waals surface area contributed by atoms with Gasteiger partial charge in [-0.3, -0.25) is 18.9 Å². The lowest BCUT2D eigenvalue weighted by Crippen LogP contribution is -2.65. The zero-order valence-corrected chi connectivity index (χ0v) is 20.0. The number of nitrogens with two attached hydrogens (primary N) is 1. The highest BCUT2D eigenvalue weighted by molar-refractivity contribution is 7.52. The van der Waals surface area contributed by atoms with Gasteiger partial charge in [0.25, 0.3) is 5.91 Å². The van der Waals surface area contributed by atoms with E-state index in [0.717, 1.165) is 17.3 Å².